The molecule has 3 rings (SSSR count). The quantitative estimate of drug-likeness (QED) is 0.622. The number of nitrogens with zero attached hydrogens (tertiary/aromatic N) is 4. The molecule has 3 aromatic rings. The van der Waals surface area contributed by atoms with E-state index in [1.165, 1.54) is 17.7 Å². The molecular weight excluding hydrogens is 376 g/mol. The predicted molar refractivity (Wildman–Crippen MR) is 109 cm³/mol. The highest BCUT2D eigenvalue weighted by atomic mass is 32.1. The molecule has 0 radical (unpaired) electrons. The van der Waals surface area contributed by atoms with Crippen LogP contribution in [0.5, 0.6) is 5.75 Å². The third kappa shape index (κ3) is 4.42. The van der Waals surface area contributed by atoms with Gasteiger partial charge in [-0.05, 0) is 37.5 Å². The van der Waals surface area contributed by atoms with E-state index in [0.29, 0.717) is 28.3 Å². The minimum atomic E-state index is -0.595. The fourth-order valence-electron chi connectivity index (χ4n) is 2.57. The molecule has 0 aliphatic heterocycles. The smallest absolute Gasteiger partial charge is 0.252 e. The highest BCUT2D eigenvalue weighted by Gasteiger charge is 2.17. The molecule has 0 bridgehead atoms. The number of amides is 1. The third-order valence-electron chi connectivity index (χ3n) is 3.84. The van der Waals surface area contributed by atoms with Crippen LogP contribution in [-0.4, -0.2) is 31.3 Å². The minimum absolute atomic E-state index is 0.104. The van der Waals surface area contributed by atoms with E-state index >= 15 is 0 Å². The number of pyridine rings is 2. The average molecular weight is 398 g/mol. The van der Waals surface area contributed by atoms with Crippen molar-refractivity contribution in [1.29, 1.82) is 0 Å². The fourth-order valence-corrected chi connectivity index (χ4v) is 3.15. The number of anilines is 2. The maximum Gasteiger partial charge on any atom is 0.252 e. The van der Waals surface area contributed by atoms with Gasteiger partial charge in [-0.1, -0.05) is 19.9 Å². The van der Waals surface area contributed by atoms with Crippen LogP contribution < -0.4 is 15.8 Å². The van der Waals surface area contributed by atoms with E-state index in [4.69, 9.17) is 10.5 Å². The SMILES string of the molecule is CC(C)Oc1cnc(-c2nsc(Nc3ncccc3C(C)C)n2)cc1C(N)=O. The van der Waals surface area contributed by atoms with E-state index in [0.717, 1.165) is 11.4 Å². The second kappa shape index (κ2) is 8.30. The van der Waals surface area contributed by atoms with Crippen molar-refractivity contribution in [3.8, 4) is 17.3 Å². The van der Waals surface area contributed by atoms with Crippen LogP contribution in [0.15, 0.2) is 30.6 Å². The molecule has 3 N–H and O–H groups in total. The van der Waals surface area contributed by atoms with E-state index in [1.807, 2.05) is 26.0 Å². The van der Waals surface area contributed by atoms with Gasteiger partial charge in [0.15, 0.2) is 11.6 Å². The molecule has 0 unspecified atom stereocenters. The molecule has 9 heteroatoms. The first-order chi connectivity index (χ1) is 13.3. The summed E-state index contributed by atoms with van der Waals surface area (Å²) in [6.07, 6.45) is 3.09. The molecule has 0 aromatic carbocycles. The Balaban J connectivity index is 1.88. The third-order valence-corrected chi connectivity index (χ3v) is 4.47. The van der Waals surface area contributed by atoms with E-state index in [9.17, 15) is 4.79 Å². The van der Waals surface area contributed by atoms with Gasteiger partial charge in [0.1, 0.15) is 11.5 Å². The van der Waals surface area contributed by atoms with Gasteiger partial charge >= 0.3 is 0 Å². The van der Waals surface area contributed by atoms with Gasteiger partial charge in [0, 0.05) is 17.7 Å². The Morgan fingerprint density at radius 1 is 1.25 bits per heavy atom. The molecule has 3 heterocycles. The van der Waals surface area contributed by atoms with Crippen molar-refractivity contribution in [2.24, 2.45) is 5.73 Å². The molecule has 0 aliphatic rings. The number of carbonyl (C=O) groups is 1. The van der Waals surface area contributed by atoms with E-state index in [2.05, 4.69) is 38.5 Å². The summed E-state index contributed by atoms with van der Waals surface area (Å²) >= 11 is 1.19. The van der Waals surface area contributed by atoms with Crippen LogP contribution in [0.3, 0.4) is 0 Å². The van der Waals surface area contributed by atoms with Crippen LogP contribution in [0.4, 0.5) is 10.9 Å². The van der Waals surface area contributed by atoms with Crippen LogP contribution in [0.2, 0.25) is 0 Å². The number of primary amides is 1. The summed E-state index contributed by atoms with van der Waals surface area (Å²) in [5, 5.41) is 3.79. The summed E-state index contributed by atoms with van der Waals surface area (Å²) < 4.78 is 9.93. The Bertz CT molecular complexity index is 986. The highest BCUT2D eigenvalue weighted by molar-refractivity contribution is 7.09. The monoisotopic (exact) mass is 398 g/mol. The standard InChI is InChI=1S/C19H22N6O2S/c1-10(2)12-6-5-7-21-17(12)23-19-24-18(25-28-19)14-8-13(16(20)26)15(9-22-14)27-11(3)4/h5-11H,1-4H3,(H2,20,26)(H,21,23,24,25). The van der Waals surface area contributed by atoms with Crippen molar-refractivity contribution in [3.05, 3.63) is 41.7 Å². The summed E-state index contributed by atoms with van der Waals surface area (Å²) in [5.74, 6) is 1.20. The lowest BCUT2D eigenvalue weighted by Gasteiger charge is -2.12. The first-order valence-corrected chi connectivity index (χ1v) is 9.65. The molecule has 28 heavy (non-hydrogen) atoms. The van der Waals surface area contributed by atoms with Crippen molar-refractivity contribution in [2.45, 2.75) is 39.7 Å². The zero-order valence-electron chi connectivity index (χ0n) is 16.1. The molecule has 0 atom stereocenters. The molecule has 0 saturated heterocycles. The van der Waals surface area contributed by atoms with Gasteiger partial charge in [-0.3, -0.25) is 4.79 Å². The maximum atomic E-state index is 11.8. The second-order valence-electron chi connectivity index (χ2n) is 6.74. The molecule has 0 aliphatic carbocycles. The number of carbonyl (C=O) groups excluding carboxylic acids is 1. The average Bonchev–Trinajstić information content (AvgIpc) is 3.10. The number of nitrogens with one attached hydrogen (secondary N) is 1. The zero-order chi connectivity index (χ0) is 20.3. The maximum absolute atomic E-state index is 11.8. The lowest BCUT2D eigenvalue weighted by molar-refractivity contribution is 0.0994. The molecule has 0 spiro atoms. The number of ether oxygens (including phenoxy) is 1. The number of hydrogen-bond acceptors (Lipinski definition) is 8. The first-order valence-electron chi connectivity index (χ1n) is 8.87. The Morgan fingerprint density at radius 3 is 2.71 bits per heavy atom. The number of hydrogen-bond donors (Lipinski definition) is 2. The summed E-state index contributed by atoms with van der Waals surface area (Å²) in [6, 6.07) is 5.48. The van der Waals surface area contributed by atoms with Crippen LogP contribution in [0.25, 0.3) is 11.5 Å². The van der Waals surface area contributed by atoms with Gasteiger partial charge in [-0.15, -0.1) is 0 Å². The normalized spacial score (nSPS) is 11.1. The zero-order valence-corrected chi connectivity index (χ0v) is 16.9. The summed E-state index contributed by atoms with van der Waals surface area (Å²) in [6.45, 7) is 7.93. The largest absolute Gasteiger partial charge is 0.489 e. The van der Waals surface area contributed by atoms with Gasteiger partial charge in [-0.25, -0.2) is 9.97 Å². The molecular formula is C19H22N6O2S. The molecule has 146 valence electrons. The Labute approximate surface area is 167 Å². The fraction of sp³-hybridized carbons (Fsp3) is 0.316. The Morgan fingerprint density at radius 2 is 2.04 bits per heavy atom. The summed E-state index contributed by atoms with van der Waals surface area (Å²) in [4.78, 5) is 25.0. The van der Waals surface area contributed by atoms with Gasteiger partial charge in [0.25, 0.3) is 5.91 Å². The van der Waals surface area contributed by atoms with Crippen molar-refractivity contribution in [2.75, 3.05) is 5.32 Å². The number of rotatable bonds is 7. The lowest BCUT2D eigenvalue weighted by Crippen LogP contribution is -2.16. The van der Waals surface area contributed by atoms with E-state index in [-0.39, 0.29) is 11.7 Å². The van der Waals surface area contributed by atoms with Gasteiger partial charge < -0.3 is 15.8 Å². The van der Waals surface area contributed by atoms with Gasteiger partial charge in [-0.2, -0.15) is 9.36 Å². The van der Waals surface area contributed by atoms with Crippen molar-refractivity contribution < 1.29 is 9.53 Å². The second-order valence-corrected chi connectivity index (χ2v) is 7.49. The van der Waals surface area contributed by atoms with Crippen molar-refractivity contribution in [3.63, 3.8) is 0 Å². The van der Waals surface area contributed by atoms with Crippen LogP contribution in [0, 0.1) is 0 Å². The van der Waals surface area contributed by atoms with Crippen LogP contribution >= 0.6 is 11.5 Å². The summed E-state index contributed by atoms with van der Waals surface area (Å²) in [5.41, 5.74) is 7.26. The first kappa shape index (κ1) is 19.7. The number of nitrogens with two attached hydrogens (primary N) is 1. The molecule has 0 fully saturated rings. The summed E-state index contributed by atoms with van der Waals surface area (Å²) in [7, 11) is 0. The van der Waals surface area contributed by atoms with Crippen molar-refractivity contribution >= 4 is 28.4 Å². The van der Waals surface area contributed by atoms with Gasteiger partial charge in [0.2, 0.25) is 5.13 Å². The van der Waals surface area contributed by atoms with Crippen LogP contribution in [0.1, 0.15) is 49.5 Å². The Hall–Kier alpha value is -3.07. The lowest BCUT2D eigenvalue weighted by atomic mass is 10.0. The molecule has 3 aromatic heterocycles. The predicted octanol–water partition coefficient (Wildman–Crippen LogP) is 3.75. The minimum Gasteiger partial charge on any atom is -0.489 e. The Kier molecular flexibility index (Phi) is 5.84. The van der Waals surface area contributed by atoms with Crippen LogP contribution in [-0.2, 0) is 0 Å². The number of aromatic nitrogens is 4. The van der Waals surface area contributed by atoms with Crippen molar-refractivity contribution in [1.82, 2.24) is 19.3 Å². The van der Waals surface area contributed by atoms with E-state index in [1.54, 1.807) is 12.3 Å². The van der Waals surface area contributed by atoms with Gasteiger partial charge in [0.05, 0.1) is 17.9 Å². The highest BCUT2D eigenvalue weighted by Crippen LogP contribution is 2.28. The topological polar surface area (TPSA) is 116 Å². The van der Waals surface area contributed by atoms with E-state index < -0.39 is 5.91 Å². The molecule has 0 saturated carbocycles. The molecule has 8 nitrogen and oxygen atoms in total. The molecule has 1 amide bonds.